The molecule has 58 heavy (non-hydrogen) atoms. The minimum absolute atomic E-state index is 0.0615. The maximum absolute atomic E-state index is 16.9. The molecule has 0 aromatic carbocycles. The Morgan fingerprint density at radius 3 is 2.26 bits per heavy atom. The Morgan fingerprint density at radius 1 is 0.966 bits per heavy atom. The summed E-state index contributed by atoms with van der Waals surface area (Å²) in [5, 5.41) is 6.83. The third-order valence-electron chi connectivity index (χ3n) is 9.84. The van der Waals surface area contributed by atoms with Gasteiger partial charge >= 0.3 is 19.0 Å². The highest BCUT2D eigenvalue weighted by atomic mass is 32.2. The molecule has 4 N–H and O–H groups in total. The van der Waals surface area contributed by atoms with Gasteiger partial charge in [0.25, 0.3) is 21.9 Å². The monoisotopic (exact) mass is 838 g/mol. The Bertz CT molecular complexity index is 1990. The molecule has 0 aliphatic carbocycles. The molecule has 0 bridgehead atoms. The van der Waals surface area contributed by atoms with E-state index in [0.717, 1.165) is 27.5 Å². The second kappa shape index (κ2) is 19.3. The summed E-state index contributed by atoms with van der Waals surface area (Å²) >= 11 is 0. The number of urea groups is 1. The number of quaternary nitrogens is 1. The van der Waals surface area contributed by atoms with Crippen LogP contribution in [0.3, 0.4) is 0 Å². The molecule has 21 heteroatoms. The van der Waals surface area contributed by atoms with Crippen LogP contribution in [0.25, 0.3) is 6.08 Å². The number of amides is 6. The molecule has 3 aliphatic heterocycles. The lowest BCUT2D eigenvalue weighted by Crippen LogP contribution is -2.54. The summed E-state index contributed by atoms with van der Waals surface area (Å²) < 4.78 is 69.4. The molecular weight excluding hydrogens is 783 g/mol. The van der Waals surface area contributed by atoms with Crippen LogP contribution in [0.4, 0.5) is 13.4 Å². The number of aromatic nitrogens is 1. The number of hydrogen-bond donors (Lipinski definition) is 4. The lowest BCUT2D eigenvalue weighted by Gasteiger charge is -2.32. The van der Waals surface area contributed by atoms with E-state index >= 15 is 8.63 Å². The fourth-order valence-electron chi connectivity index (χ4n) is 7.22. The van der Waals surface area contributed by atoms with Crippen molar-refractivity contribution in [2.45, 2.75) is 103 Å². The van der Waals surface area contributed by atoms with Crippen molar-refractivity contribution in [1.82, 2.24) is 25.5 Å². The molecule has 0 spiro atoms. The molecule has 320 valence electrons. The van der Waals surface area contributed by atoms with Gasteiger partial charge in [-0.2, -0.15) is 8.42 Å². The average Bonchev–Trinajstić information content (AvgIpc) is 3.75. The zero-order valence-electron chi connectivity index (χ0n) is 33.8. The summed E-state index contributed by atoms with van der Waals surface area (Å²) in [6, 6.07) is -1.21. The van der Waals surface area contributed by atoms with Gasteiger partial charge in [-0.05, 0) is 49.4 Å². The molecule has 3 aliphatic rings. The molecule has 1 atom stereocenters. The number of hydroxylamine groups is 2. The smallest absolute Gasteiger partial charge is 0.394 e. The summed E-state index contributed by atoms with van der Waals surface area (Å²) in [7, 11) is 1.34. The molecular formula is C37H55BF2N7O10S+. The van der Waals surface area contributed by atoms with E-state index in [9.17, 15) is 41.7 Å². The number of allylic oxidation sites excluding steroid dienone is 2. The van der Waals surface area contributed by atoms with Crippen molar-refractivity contribution in [2.75, 3.05) is 40.0 Å². The Morgan fingerprint density at radius 2 is 1.64 bits per heavy atom. The highest BCUT2D eigenvalue weighted by Gasteiger charge is 2.54. The van der Waals surface area contributed by atoms with Crippen LogP contribution >= 0.6 is 0 Å². The third kappa shape index (κ3) is 12.1. The quantitative estimate of drug-likeness (QED) is 0.0467. The van der Waals surface area contributed by atoms with Crippen molar-refractivity contribution >= 4 is 64.5 Å². The van der Waals surface area contributed by atoms with Crippen LogP contribution in [0.1, 0.15) is 101 Å². The largest absolute Gasteiger partial charge is 0.737 e. The molecule has 0 saturated carbocycles. The van der Waals surface area contributed by atoms with Crippen molar-refractivity contribution in [1.29, 1.82) is 0 Å². The van der Waals surface area contributed by atoms with Gasteiger partial charge in [0.2, 0.25) is 11.8 Å². The minimum Gasteiger partial charge on any atom is -0.394 e. The van der Waals surface area contributed by atoms with E-state index in [1.54, 1.807) is 6.08 Å². The Labute approximate surface area is 337 Å². The molecule has 6 amide bonds. The number of nitrogens with zero attached hydrogens (tertiary/aromatic N) is 4. The van der Waals surface area contributed by atoms with Crippen LogP contribution in [-0.2, 0) is 51.8 Å². The standard InChI is InChI=1S/C37H54BF2N7O10S/c1-6-11-25-21-27(13-10-20-47(3,4)5)44-30(25)23-31-26(12-7-2)22-28(45(31)38(44,39)40)15-16-32(48)43-37(53)42-29(24-58(54,55)56)36(52)41-19-9-8-14-35(51)57-46-33(49)17-18-34(46)50/h21-23,29H,6-20,24H2,1-5H3,(H3-,41,42,43,48,52,53,54,55,56)/p+1. The van der Waals surface area contributed by atoms with E-state index < -0.39 is 70.9 Å². The molecule has 4 rings (SSSR count). The maximum atomic E-state index is 16.9. The number of rotatable bonds is 21. The van der Waals surface area contributed by atoms with Gasteiger partial charge in [0.05, 0.1) is 27.7 Å². The van der Waals surface area contributed by atoms with E-state index in [0.29, 0.717) is 64.3 Å². The van der Waals surface area contributed by atoms with Crippen LogP contribution in [0, 0.1) is 0 Å². The van der Waals surface area contributed by atoms with Crippen LogP contribution in [0.2, 0.25) is 0 Å². The molecule has 4 heterocycles. The molecule has 0 radical (unpaired) electrons. The Hall–Kier alpha value is -4.76. The fourth-order valence-corrected chi connectivity index (χ4v) is 7.88. The van der Waals surface area contributed by atoms with E-state index in [-0.39, 0.29) is 50.8 Å². The summed E-state index contributed by atoms with van der Waals surface area (Å²) in [6.45, 7) is 0.278. The lowest BCUT2D eigenvalue weighted by atomic mass is 9.88. The van der Waals surface area contributed by atoms with Gasteiger partial charge in [0.15, 0.2) is 5.70 Å². The summed E-state index contributed by atoms with van der Waals surface area (Å²) in [4.78, 5) is 78.5. The van der Waals surface area contributed by atoms with Gasteiger partial charge in [-0.3, -0.25) is 29.0 Å². The third-order valence-corrected chi connectivity index (χ3v) is 10.6. The number of unbranched alkanes of at least 4 members (excludes halogenated alkanes) is 1. The molecule has 17 nitrogen and oxygen atoms in total. The molecule has 1 saturated heterocycles. The van der Waals surface area contributed by atoms with Crippen molar-refractivity contribution in [3.8, 4) is 0 Å². The SMILES string of the molecule is CCCC1=CC(CCC(=O)NC(=O)NC(CS(=O)(=O)O)C(=O)NCCCCC(=O)ON2C(=O)CCC2=O)=[N+]2C1=Cc1c(CCC)cc(CCC[N+](C)(C)C)n1[B-]2(F)F. The predicted molar refractivity (Wildman–Crippen MR) is 209 cm³/mol. The van der Waals surface area contributed by atoms with E-state index in [1.807, 2.05) is 52.4 Å². The highest BCUT2D eigenvalue weighted by Crippen LogP contribution is 2.39. The van der Waals surface area contributed by atoms with Gasteiger partial charge in [0, 0.05) is 68.5 Å². The number of carbonyl (C=O) groups is 6. The maximum Gasteiger partial charge on any atom is 0.737 e. The summed E-state index contributed by atoms with van der Waals surface area (Å²) in [5.41, 5.74) is 3.21. The number of fused-ring (bicyclic) bond motifs is 2. The normalized spacial score (nSPS) is 16.7. The van der Waals surface area contributed by atoms with Crippen molar-refractivity contribution in [3.63, 3.8) is 0 Å². The zero-order chi connectivity index (χ0) is 43.0. The Balaban J connectivity index is 1.39. The second-order valence-electron chi connectivity index (χ2n) is 15.8. The second-order valence-corrected chi connectivity index (χ2v) is 17.3. The van der Waals surface area contributed by atoms with Crippen molar-refractivity contribution < 1.29 is 64.2 Å². The number of imide groups is 2. The number of aryl methyl sites for hydroxylation is 2. The summed E-state index contributed by atoms with van der Waals surface area (Å²) in [5.74, 6) is -5.25. The van der Waals surface area contributed by atoms with E-state index in [4.69, 9.17) is 4.84 Å². The van der Waals surface area contributed by atoms with E-state index in [1.165, 1.54) is 0 Å². The van der Waals surface area contributed by atoms with Gasteiger partial charge in [0.1, 0.15) is 17.5 Å². The first-order valence-corrected chi connectivity index (χ1v) is 21.3. The topological polar surface area (TPSA) is 213 Å². The van der Waals surface area contributed by atoms with Gasteiger partial charge in [-0.1, -0.05) is 26.7 Å². The minimum atomic E-state index is -4.80. The fraction of sp³-hybridized carbons (Fsp3) is 0.595. The predicted octanol–water partition coefficient (Wildman–Crippen LogP) is 2.61. The molecule has 1 unspecified atom stereocenters. The molecule has 1 aromatic rings. The highest BCUT2D eigenvalue weighted by molar-refractivity contribution is 7.85. The van der Waals surface area contributed by atoms with Gasteiger partial charge < -0.3 is 37.6 Å². The Kier molecular flexibility index (Phi) is 15.3. The lowest BCUT2D eigenvalue weighted by molar-refractivity contribution is -0.870. The van der Waals surface area contributed by atoms with Crippen LogP contribution < -0.4 is 16.0 Å². The molecule has 1 fully saturated rings. The molecule has 1 aromatic heterocycles. The first kappa shape index (κ1) is 45.9. The van der Waals surface area contributed by atoms with Crippen molar-refractivity contribution in [2.24, 2.45) is 0 Å². The van der Waals surface area contributed by atoms with Crippen LogP contribution in [-0.4, -0.2) is 126 Å². The van der Waals surface area contributed by atoms with Crippen LogP contribution in [0.5, 0.6) is 0 Å². The summed E-state index contributed by atoms with van der Waals surface area (Å²) in [6.07, 6.45) is 6.71. The van der Waals surface area contributed by atoms with Crippen molar-refractivity contribution in [3.05, 3.63) is 40.4 Å². The first-order valence-electron chi connectivity index (χ1n) is 19.7. The van der Waals surface area contributed by atoms with Gasteiger partial charge in [-0.25, -0.2) is 9.59 Å². The number of nitrogens with one attached hydrogen (secondary N) is 3. The van der Waals surface area contributed by atoms with E-state index in [2.05, 4.69) is 10.6 Å². The van der Waals surface area contributed by atoms with Crippen LogP contribution in [0.15, 0.2) is 23.4 Å². The van der Waals surface area contributed by atoms with Gasteiger partial charge in [-0.15, -0.1) is 5.06 Å². The number of hydrogen-bond acceptors (Lipinski definition) is 9. The zero-order valence-corrected chi connectivity index (χ0v) is 34.6. The first-order chi connectivity index (χ1) is 27.1. The average molecular weight is 839 g/mol. The number of carbonyl (C=O) groups excluding carboxylic acids is 6. The number of halogens is 2.